The van der Waals surface area contributed by atoms with Crippen LogP contribution in [0.2, 0.25) is 0 Å². The van der Waals surface area contributed by atoms with Crippen LogP contribution in [0.1, 0.15) is 5.56 Å². The number of hydrogen-bond donors (Lipinski definition) is 1. The van der Waals surface area contributed by atoms with Crippen LogP contribution in [-0.4, -0.2) is 27.8 Å². The minimum Gasteiger partial charge on any atom is -0.439 e. The molecule has 1 aliphatic heterocycles. The lowest BCUT2D eigenvalue weighted by Gasteiger charge is -2.26. The topological polar surface area (TPSA) is 132 Å². The zero-order valence-corrected chi connectivity index (χ0v) is 18.2. The predicted octanol–water partition coefficient (Wildman–Crippen LogP) is 4.21. The van der Waals surface area contributed by atoms with Crippen molar-refractivity contribution in [2.24, 2.45) is 0 Å². The van der Waals surface area contributed by atoms with Crippen molar-refractivity contribution in [1.29, 1.82) is 0 Å². The standard InChI is InChI=1S/C22H13BrN4O6/c23-14-3-5-15(6-4-14)26-21(29)18(20(28)25-22(26)30)11-13-1-8-17(9-2-13)33-19-10-7-16(12-24-19)27(31)32/h1-12H,(H,25,28,30). The molecule has 0 saturated carbocycles. The van der Waals surface area contributed by atoms with Crippen molar-refractivity contribution in [3.05, 3.63) is 92.6 Å². The van der Waals surface area contributed by atoms with Gasteiger partial charge in [0.15, 0.2) is 0 Å². The Morgan fingerprint density at radius 3 is 2.30 bits per heavy atom. The Kier molecular flexibility index (Phi) is 5.96. The number of aromatic nitrogens is 1. The molecular formula is C22H13BrN4O6. The van der Waals surface area contributed by atoms with E-state index in [4.69, 9.17) is 4.74 Å². The van der Waals surface area contributed by atoms with E-state index in [-0.39, 0.29) is 17.1 Å². The molecule has 4 rings (SSSR count). The van der Waals surface area contributed by atoms with Crippen molar-refractivity contribution >= 4 is 51.2 Å². The van der Waals surface area contributed by atoms with Crippen molar-refractivity contribution in [2.45, 2.75) is 0 Å². The average molecular weight is 509 g/mol. The maximum absolute atomic E-state index is 12.9. The summed E-state index contributed by atoms with van der Waals surface area (Å²) in [4.78, 5) is 52.3. The molecule has 11 heteroatoms. The molecule has 0 aliphatic carbocycles. The maximum Gasteiger partial charge on any atom is 0.335 e. The highest BCUT2D eigenvalue weighted by molar-refractivity contribution is 9.10. The van der Waals surface area contributed by atoms with Crippen molar-refractivity contribution in [3.8, 4) is 11.6 Å². The number of carbonyl (C=O) groups is 3. The van der Waals surface area contributed by atoms with Gasteiger partial charge >= 0.3 is 6.03 Å². The lowest BCUT2D eigenvalue weighted by molar-refractivity contribution is -0.385. The summed E-state index contributed by atoms with van der Waals surface area (Å²) in [6.45, 7) is 0. The van der Waals surface area contributed by atoms with Crippen molar-refractivity contribution in [1.82, 2.24) is 10.3 Å². The molecular weight excluding hydrogens is 496 g/mol. The van der Waals surface area contributed by atoms with Gasteiger partial charge in [-0.3, -0.25) is 25.0 Å². The Morgan fingerprint density at radius 2 is 1.70 bits per heavy atom. The first-order chi connectivity index (χ1) is 15.8. The summed E-state index contributed by atoms with van der Waals surface area (Å²) in [6, 6.07) is 14.7. The number of barbiturate groups is 1. The van der Waals surface area contributed by atoms with Gasteiger partial charge in [-0.05, 0) is 48.0 Å². The van der Waals surface area contributed by atoms with E-state index in [0.717, 1.165) is 15.6 Å². The molecule has 2 heterocycles. The van der Waals surface area contributed by atoms with Crippen molar-refractivity contribution in [2.75, 3.05) is 4.90 Å². The molecule has 1 N–H and O–H groups in total. The fraction of sp³-hybridized carbons (Fsp3) is 0. The van der Waals surface area contributed by atoms with Crippen LogP contribution < -0.4 is 15.0 Å². The lowest BCUT2D eigenvalue weighted by atomic mass is 10.1. The first-order valence-electron chi connectivity index (χ1n) is 9.37. The van der Waals surface area contributed by atoms with Crippen LogP contribution >= 0.6 is 15.9 Å². The monoisotopic (exact) mass is 508 g/mol. The number of carbonyl (C=O) groups excluding carboxylic acids is 3. The average Bonchev–Trinajstić information content (AvgIpc) is 2.79. The highest BCUT2D eigenvalue weighted by Crippen LogP contribution is 2.25. The van der Waals surface area contributed by atoms with E-state index in [1.54, 1.807) is 48.5 Å². The molecule has 0 radical (unpaired) electrons. The molecule has 3 aromatic rings. The van der Waals surface area contributed by atoms with E-state index in [1.807, 2.05) is 0 Å². The number of amides is 4. The Hall–Kier alpha value is -4.38. The quantitative estimate of drug-likeness (QED) is 0.236. The molecule has 0 atom stereocenters. The third-order valence-corrected chi connectivity index (χ3v) is 5.06. The minimum absolute atomic E-state index is 0.157. The highest BCUT2D eigenvalue weighted by Gasteiger charge is 2.36. The molecule has 4 amide bonds. The van der Waals surface area contributed by atoms with Gasteiger partial charge in [0.05, 0.1) is 10.6 Å². The van der Waals surface area contributed by atoms with Crippen LogP contribution in [-0.2, 0) is 9.59 Å². The zero-order valence-electron chi connectivity index (χ0n) is 16.6. The third-order valence-electron chi connectivity index (χ3n) is 4.53. The molecule has 0 unspecified atom stereocenters. The van der Waals surface area contributed by atoms with E-state index >= 15 is 0 Å². The summed E-state index contributed by atoms with van der Waals surface area (Å²) < 4.78 is 6.31. The zero-order chi connectivity index (χ0) is 23.5. The van der Waals surface area contributed by atoms with E-state index in [0.29, 0.717) is 17.0 Å². The molecule has 1 fully saturated rings. The molecule has 2 aromatic carbocycles. The molecule has 0 spiro atoms. The number of pyridine rings is 1. The van der Waals surface area contributed by atoms with Gasteiger partial charge in [0, 0.05) is 16.6 Å². The van der Waals surface area contributed by atoms with Gasteiger partial charge in [0.2, 0.25) is 5.88 Å². The highest BCUT2D eigenvalue weighted by atomic mass is 79.9. The second-order valence-corrected chi connectivity index (χ2v) is 7.63. The second-order valence-electron chi connectivity index (χ2n) is 6.72. The van der Waals surface area contributed by atoms with Crippen LogP contribution in [0, 0.1) is 10.1 Å². The lowest BCUT2D eigenvalue weighted by Crippen LogP contribution is -2.54. The number of rotatable bonds is 5. The fourth-order valence-corrected chi connectivity index (χ4v) is 3.21. The Labute approximate surface area is 194 Å². The summed E-state index contributed by atoms with van der Waals surface area (Å²) in [5, 5.41) is 12.9. The first-order valence-corrected chi connectivity index (χ1v) is 10.2. The Balaban J connectivity index is 1.54. The number of nitro groups is 1. The van der Waals surface area contributed by atoms with Gasteiger partial charge in [-0.1, -0.05) is 28.1 Å². The normalized spacial score (nSPS) is 14.9. The summed E-state index contributed by atoms with van der Waals surface area (Å²) in [5.41, 5.74) is 0.472. The van der Waals surface area contributed by atoms with Crippen molar-refractivity contribution < 1.29 is 24.0 Å². The number of nitrogens with one attached hydrogen (secondary N) is 1. The van der Waals surface area contributed by atoms with E-state index in [9.17, 15) is 24.5 Å². The summed E-state index contributed by atoms with van der Waals surface area (Å²) in [7, 11) is 0. The molecule has 1 aromatic heterocycles. The van der Waals surface area contributed by atoms with Gasteiger partial charge in [-0.25, -0.2) is 14.7 Å². The summed E-state index contributed by atoms with van der Waals surface area (Å²) in [6.07, 6.45) is 2.45. The number of halogens is 1. The smallest absolute Gasteiger partial charge is 0.335 e. The summed E-state index contributed by atoms with van der Waals surface area (Å²) in [5.74, 6) is -0.989. The third kappa shape index (κ3) is 4.77. The first kappa shape index (κ1) is 21.8. The van der Waals surface area contributed by atoms with E-state index in [1.165, 1.54) is 18.2 Å². The number of hydrogen-bond acceptors (Lipinski definition) is 7. The van der Waals surface area contributed by atoms with Crippen LogP contribution in [0.4, 0.5) is 16.2 Å². The number of nitrogens with zero attached hydrogens (tertiary/aromatic N) is 3. The van der Waals surface area contributed by atoms with Gasteiger partial charge in [0.1, 0.15) is 17.5 Å². The largest absolute Gasteiger partial charge is 0.439 e. The molecule has 33 heavy (non-hydrogen) atoms. The van der Waals surface area contributed by atoms with Crippen molar-refractivity contribution in [3.63, 3.8) is 0 Å². The van der Waals surface area contributed by atoms with Gasteiger partial charge in [-0.15, -0.1) is 0 Å². The Bertz CT molecular complexity index is 1290. The molecule has 164 valence electrons. The number of imide groups is 2. The minimum atomic E-state index is -0.830. The summed E-state index contributed by atoms with van der Waals surface area (Å²) >= 11 is 3.29. The number of ether oxygens (including phenoxy) is 1. The van der Waals surface area contributed by atoms with Crippen LogP contribution in [0.15, 0.2) is 76.9 Å². The number of urea groups is 1. The van der Waals surface area contributed by atoms with Gasteiger partial charge in [-0.2, -0.15) is 0 Å². The molecule has 1 aliphatic rings. The van der Waals surface area contributed by atoms with E-state index in [2.05, 4.69) is 26.2 Å². The molecule has 0 bridgehead atoms. The van der Waals surface area contributed by atoms with Gasteiger partial charge < -0.3 is 4.74 Å². The maximum atomic E-state index is 12.9. The number of benzene rings is 2. The SMILES string of the molecule is O=C1NC(=O)N(c2ccc(Br)cc2)C(=O)C1=Cc1ccc(Oc2ccc([N+](=O)[O-])cn2)cc1. The molecule has 1 saturated heterocycles. The predicted molar refractivity (Wildman–Crippen MR) is 121 cm³/mol. The fourth-order valence-electron chi connectivity index (χ4n) is 2.94. The van der Waals surface area contributed by atoms with Crippen LogP contribution in [0.3, 0.4) is 0 Å². The van der Waals surface area contributed by atoms with E-state index < -0.39 is 22.8 Å². The molecule has 10 nitrogen and oxygen atoms in total. The van der Waals surface area contributed by atoms with Gasteiger partial charge in [0.25, 0.3) is 17.5 Å². The van der Waals surface area contributed by atoms with Crippen LogP contribution in [0.25, 0.3) is 6.08 Å². The Morgan fingerprint density at radius 1 is 1.00 bits per heavy atom. The second kappa shape index (κ2) is 9.01. The van der Waals surface area contributed by atoms with Crippen LogP contribution in [0.5, 0.6) is 11.6 Å². The number of anilines is 1.